The summed E-state index contributed by atoms with van der Waals surface area (Å²) in [5, 5.41) is 4.27. The smallest absolute Gasteiger partial charge is 0.237 e. The third-order valence-corrected chi connectivity index (χ3v) is 7.05. The fraction of sp³-hybridized carbons (Fsp3) is 0.233. The average molecular weight is 520 g/mol. The van der Waals surface area contributed by atoms with E-state index in [4.69, 9.17) is 4.74 Å². The molecule has 0 spiro atoms. The number of ether oxygens (including phenoxy) is 1. The third kappa shape index (κ3) is 5.49. The number of hydrogen-bond donors (Lipinski definition) is 1. The van der Waals surface area contributed by atoms with Gasteiger partial charge in [-0.1, -0.05) is 12.1 Å². The van der Waals surface area contributed by atoms with E-state index in [1.807, 2.05) is 66.2 Å². The van der Waals surface area contributed by atoms with Gasteiger partial charge in [-0.05, 0) is 80.9 Å². The molecule has 0 saturated carbocycles. The number of nitrogens with one attached hydrogen (secondary N) is 1. The molecule has 1 N–H and O–H groups in total. The molecular weight excluding hydrogens is 490 g/mol. The van der Waals surface area contributed by atoms with Gasteiger partial charge >= 0.3 is 0 Å². The van der Waals surface area contributed by atoms with Crippen LogP contribution in [0.15, 0.2) is 79.5 Å². The molecule has 2 aromatic carbocycles. The lowest BCUT2D eigenvalue weighted by atomic mass is 10.0. The zero-order valence-corrected chi connectivity index (χ0v) is 21.9. The Balaban J connectivity index is 1.18. The van der Waals surface area contributed by atoms with E-state index in [0.717, 1.165) is 40.7 Å². The minimum absolute atomic E-state index is 0.0913. The Labute approximate surface area is 226 Å². The summed E-state index contributed by atoms with van der Waals surface area (Å²) in [6, 6.07) is 13.9. The predicted molar refractivity (Wildman–Crippen MR) is 151 cm³/mol. The van der Waals surface area contributed by atoms with Crippen molar-refractivity contribution >= 4 is 34.0 Å². The first-order valence-electron chi connectivity index (χ1n) is 13.0. The van der Waals surface area contributed by atoms with Gasteiger partial charge in [-0.15, -0.1) is 0 Å². The molecule has 196 valence electrons. The minimum Gasteiger partial charge on any atom is -0.439 e. The summed E-state index contributed by atoms with van der Waals surface area (Å²) in [4.78, 5) is 32.5. The van der Waals surface area contributed by atoms with Crippen molar-refractivity contribution in [3.05, 3.63) is 90.7 Å². The Hall–Kier alpha value is -4.63. The molecule has 1 saturated heterocycles. The largest absolute Gasteiger partial charge is 0.439 e. The topological polar surface area (TPSA) is 97.5 Å². The van der Waals surface area contributed by atoms with Crippen LogP contribution in [0.1, 0.15) is 24.0 Å². The molecule has 1 aliphatic heterocycles. The van der Waals surface area contributed by atoms with Gasteiger partial charge < -0.3 is 10.1 Å². The number of likely N-dealkylation sites (tertiary alicyclic amines) is 1. The van der Waals surface area contributed by atoms with Gasteiger partial charge in [0, 0.05) is 48.2 Å². The Kier molecular flexibility index (Phi) is 6.73. The number of rotatable bonds is 8. The number of allylic oxidation sites excluding steroid dienone is 1. The minimum atomic E-state index is 0.0913. The van der Waals surface area contributed by atoms with Crippen molar-refractivity contribution in [2.24, 2.45) is 0 Å². The molecule has 1 aliphatic rings. The quantitative estimate of drug-likeness (QED) is 0.277. The maximum absolute atomic E-state index is 12.7. The molecule has 39 heavy (non-hydrogen) atoms. The number of carbonyl (C=O) groups excluding carboxylic acids is 1. The Bertz CT molecular complexity index is 1690. The first kappa shape index (κ1) is 24.7. The van der Waals surface area contributed by atoms with E-state index in [1.54, 1.807) is 18.3 Å². The molecule has 1 fully saturated rings. The van der Waals surface area contributed by atoms with Crippen molar-refractivity contribution < 1.29 is 9.53 Å². The number of hydrogen-bond acceptors (Lipinski definition) is 8. The van der Waals surface area contributed by atoms with Crippen molar-refractivity contribution in [1.82, 2.24) is 29.2 Å². The fourth-order valence-electron chi connectivity index (χ4n) is 4.91. The average Bonchev–Trinajstić information content (AvgIpc) is 3.57. The molecule has 4 heterocycles. The predicted octanol–water partition coefficient (Wildman–Crippen LogP) is 5.28. The number of imidazole rings is 1. The Morgan fingerprint density at radius 1 is 1.13 bits per heavy atom. The molecule has 0 amide bonds. The lowest BCUT2D eigenvalue weighted by Crippen LogP contribution is -2.22. The summed E-state index contributed by atoms with van der Waals surface area (Å²) < 4.78 is 7.84. The molecule has 0 unspecified atom stereocenters. The summed E-state index contributed by atoms with van der Waals surface area (Å²) in [6.07, 6.45) is 13.3. The van der Waals surface area contributed by atoms with Gasteiger partial charge in [0.1, 0.15) is 17.9 Å². The number of aryl methyl sites for hydroxylation is 1. The first-order chi connectivity index (χ1) is 19.0. The number of benzene rings is 2. The van der Waals surface area contributed by atoms with E-state index < -0.39 is 0 Å². The Morgan fingerprint density at radius 2 is 2.05 bits per heavy atom. The van der Waals surface area contributed by atoms with Crippen LogP contribution in [0.3, 0.4) is 0 Å². The molecule has 0 bridgehead atoms. The van der Waals surface area contributed by atoms with E-state index in [0.29, 0.717) is 35.7 Å². The summed E-state index contributed by atoms with van der Waals surface area (Å²) >= 11 is 0. The normalized spacial score (nSPS) is 15.9. The second kappa shape index (κ2) is 10.6. The maximum Gasteiger partial charge on any atom is 0.237 e. The van der Waals surface area contributed by atoms with Crippen LogP contribution in [0.4, 0.5) is 11.5 Å². The second-order valence-corrected chi connectivity index (χ2v) is 9.87. The van der Waals surface area contributed by atoms with Gasteiger partial charge in [0.05, 0.1) is 5.52 Å². The highest BCUT2D eigenvalue weighted by Crippen LogP contribution is 2.29. The molecular formula is C30H29N7O2. The van der Waals surface area contributed by atoms with Crippen LogP contribution in [0.25, 0.3) is 16.7 Å². The highest BCUT2D eigenvalue weighted by Gasteiger charge is 2.18. The number of nitrogens with zero attached hydrogens (tertiary/aromatic N) is 6. The summed E-state index contributed by atoms with van der Waals surface area (Å²) in [5.74, 6) is 2.53. The van der Waals surface area contributed by atoms with Crippen LogP contribution in [0.2, 0.25) is 0 Å². The van der Waals surface area contributed by atoms with Gasteiger partial charge in [0.25, 0.3) is 0 Å². The van der Waals surface area contributed by atoms with Gasteiger partial charge in [-0.3, -0.25) is 14.1 Å². The van der Waals surface area contributed by atoms with Gasteiger partial charge in [0.15, 0.2) is 5.78 Å². The van der Waals surface area contributed by atoms with Crippen LogP contribution in [0.5, 0.6) is 11.6 Å². The van der Waals surface area contributed by atoms with Crippen molar-refractivity contribution in [2.45, 2.75) is 32.2 Å². The van der Waals surface area contributed by atoms with E-state index in [9.17, 15) is 4.79 Å². The van der Waals surface area contributed by atoms with E-state index in [-0.39, 0.29) is 5.78 Å². The van der Waals surface area contributed by atoms with Crippen LogP contribution >= 0.6 is 0 Å². The molecule has 1 atom stereocenters. The van der Waals surface area contributed by atoms with Crippen LogP contribution < -0.4 is 10.1 Å². The molecule has 3 aromatic heterocycles. The van der Waals surface area contributed by atoms with E-state index >= 15 is 0 Å². The van der Waals surface area contributed by atoms with Gasteiger partial charge in [-0.25, -0.2) is 15.0 Å². The summed E-state index contributed by atoms with van der Waals surface area (Å²) in [5.41, 5.74) is 3.54. The molecule has 0 aliphatic carbocycles. The lowest BCUT2D eigenvalue weighted by Gasteiger charge is -2.14. The zero-order chi connectivity index (χ0) is 26.8. The molecule has 0 radical (unpaired) electrons. The number of aromatic nitrogens is 5. The van der Waals surface area contributed by atoms with E-state index in [2.05, 4.69) is 37.2 Å². The molecule has 6 rings (SSSR count). The maximum atomic E-state index is 12.7. The zero-order valence-electron chi connectivity index (χ0n) is 21.9. The van der Waals surface area contributed by atoms with Crippen molar-refractivity contribution in [1.29, 1.82) is 0 Å². The van der Waals surface area contributed by atoms with Crippen molar-refractivity contribution in [2.75, 3.05) is 18.9 Å². The number of ketones is 1. The summed E-state index contributed by atoms with van der Waals surface area (Å²) in [6.45, 7) is 3.06. The third-order valence-electron chi connectivity index (χ3n) is 7.05. The van der Waals surface area contributed by atoms with Crippen LogP contribution in [-0.4, -0.2) is 54.7 Å². The highest BCUT2D eigenvalue weighted by molar-refractivity contribution is 5.94. The number of carbonyl (C=O) groups is 1. The molecule has 9 nitrogen and oxygen atoms in total. The number of likely N-dealkylation sites (N-methyl/N-ethyl adjacent to an activating group) is 1. The highest BCUT2D eigenvalue weighted by atomic mass is 16.5. The first-order valence-corrected chi connectivity index (χ1v) is 13.0. The SMILES string of the molecule is Cc1cc(Nc2ncnc3ccc(CC(=O)/C=C/[C@H]4CCCN4C)cc23)ccc1Oc1ccn2ccnc2n1. The number of anilines is 2. The second-order valence-electron chi connectivity index (χ2n) is 9.87. The van der Waals surface area contributed by atoms with E-state index in [1.165, 1.54) is 12.7 Å². The molecule has 9 heteroatoms. The summed E-state index contributed by atoms with van der Waals surface area (Å²) in [7, 11) is 2.10. The number of fused-ring (bicyclic) bond motifs is 2. The lowest BCUT2D eigenvalue weighted by molar-refractivity contribution is -0.114. The van der Waals surface area contributed by atoms with Gasteiger partial charge in [0.2, 0.25) is 11.7 Å². The Morgan fingerprint density at radius 3 is 2.90 bits per heavy atom. The van der Waals surface area contributed by atoms with Gasteiger partial charge in [-0.2, -0.15) is 4.98 Å². The molecule has 5 aromatic rings. The van der Waals surface area contributed by atoms with Crippen LogP contribution in [0, 0.1) is 6.92 Å². The van der Waals surface area contributed by atoms with Crippen molar-refractivity contribution in [3.8, 4) is 11.6 Å². The van der Waals surface area contributed by atoms with Crippen molar-refractivity contribution in [3.63, 3.8) is 0 Å². The van der Waals surface area contributed by atoms with Crippen LogP contribution in [-0.2, 0) is 11.2 Å². The fourth-order valence-corrected chi connectivity index (χ4v) is 4.91. The monoisotopic (exact) mass is 519 g/mol. The standard InChI is InChI=1S/C30H29N7O2/c1-20-16-22(6-10-27(20)39-28-11-14-37-15-12-31-30(37)35-28)34-29-25-18-21(5-9-26(25)32-19-33-29)17-24(38)8-7-23-4-3-13-36(23)2/h5-12,14-16,18-19,23H,3-4,13,17H2,1-2H3,(H,32,33,34)/b8-7+/t23-/m1/s1.